The molecule has 1 atom stereocenters. The van der Waals surface area contributed by atoms with Gasteiger partial charge in [-0.2, -0.15) is 0 Å². The van der Waals surface area contributed by atoms with Crippen LogP contribution in [0.25, 0.3) is 0 Å². The molecule has 144 valence electrons. The standard InChI is InChI=1S/C21H20N2O4S/c1-2-13-22-28(25,26)18-11-6-10-17(15-18)21(24)23-20(19-12-7-14-27-19)16-8-4-3-5-9-16/h2-12,14-15,20,22H,1,13H2,(H,23,24). The van der Waals surface area contributed by atoms with E-state index in [2.05, 4.69) is 16.6 Å². The molecule has 0 saturated carbocycles. The molecule has 0 aliphatic heterocycles. The normalized spacial score (nSPS) is 12.3. The third-order valence-electron chi connectivity index (χ3n) is 4.06. The van der Waals surface area contributed by atoms with Crippen molar-refractivity contribution in [2.45, 2.75) is 10.9 Å². The molecule has 2 aromatic carbocycles. The monoisotopic (exact) mass is 396 g/mol. The summed E-state index contributed by atoms with van der Waals surface area (Å²) in [5.74, 6) is 0.169. The molecule has 3 aromatic rings. The molecule has 1 amide bonds. The Balaban J connectivity index is 1.87. The number of carbonyl (C=O) groups is 1. The van der Waals surface area contributed by atoms with Crippen LogP contribution in [0, 0.1) is 0 Å². The lowest BCUT2D eigenvalue weighted by atomic mass is 10.0. The first-order chi connectivity index (χ1) is 13.5. The Kier molecular flexibility index (Phi) is 6.08. The van der Waals surface area contributed by atoms with Crippen molar-refractivity contribution >= 4 is 15.9 Å². The van der Waals surface area contributed by atoms with Gasteiger partial charge in [0.2, 0.25) is 10.0 Å². The molecule has 0 saturated heterocycles. The van der Waals surface area contributed by atoms with Gasteiger partial charge in [-0.3, -0.25) is 4.79 Å². The Labute approximate surface area is 163 Å². The molecule has 1 aromatic heterocycles. The minimum Gasteiger partial charge on any atom is -0.467 e. The molecule has 28 heavy (non-hydrogen) atoms. The zero-order valence-electron chi connectivity index (χ0n) is 15.0. The van der Waals surface area contributed by atoms with Crippen LogP contribution in [-0.4, -0.2) is 20.9 Å². The fraction of sp³-hybridized carbons (Fsp3) is 0.0952. The molecule has 0 aliphatic rings. The fourth-order valence-corrected chi connectivity index (χ4v) is 3.73. The second-order valence-electron chi connectivity index (χ2n) is 6.00. The number of nitrogens with one attached hydrogen (secondary N) is 2. The fourth-order valence-electron chi connectivity index (χ4n) is 2.69. The van der Waals surface area contributed by atoms with Crippen LogP contribution in [-0.2, 0) is 10.0 Å². The lowest BCUT2D eigenvalue weighted by Crippen LogP contribution is -2.29. The summed E-state index contributed by atoms with van der Waals surface area (Å²) in [5.41, 5.74) is 1.08. The van der Waals surface area contributed by atoms with Crippen LogP contribution in [0.4, 0.5) is 0 Å². The quantitative estimate of drug-likeness (QED) is 0.572. The average molecular weight is 396 g/mol. The lowest BCUT2D eigenvalue weighted by Gasteiger charge is -2.17. The third kappa shape index (κ3) is 4.57. The van der Waals surface area contributed by atoms with Gasteiger partial charge < -0.3 is 9.73 Å². The van der Waals surface area contributed by atoms with Crippen molar-refractivity contribution in [1.82, 2.24) is 10.0 Å². The van der Waals surface area contributed by atoms with Gasteiger partial charge in [-0.1, -0.05) is 42.5 Å². The minimum absolute atomic E-state index is 0.0104. The van der Waals surface area contributed by atoms with Crippen molar-refractivity contribution in [3.63, 3.8) is 0 Å². The van der Waals surface area contributed by atoms with E-state index in [0.717, 1.165) is 5.56 Å². The Hall–Kier alpha value is -3.16. The van der Waals surface area contributed by atoms with Crippen LogP contribution in [0.1, 0.15) is 27.7 Å². The van der Waals surface area contributed by atoms with Crippen molar-refractivity contribution in [3.05, 3.63) is 103 Å². The second-order valence-corrected chi connectivity index (χ2v) is 7.77. The van der Waals surface area contributed by atoms with Gasteiger partial charge in [0.05, 0.1) is 11.2 Å². The van der Waals surface area contributed by atoms with E-state index >= 15 is 0 Å². The molecular formula is C21H20N2O4S. The Bertz CT molecular complexity index is 1050. The van der Waals surface area contributed by atoms with E-state index in [-0.39, 0.29) is 17.0 Å². The van der Waals surface area contributed by atoms with Crippen molar-refractivity contribution in [2.24, 2.45) is 0 Å². The van der Waals surface area contributed by atoms with E-state index in [1.807, 2.05) is 30.3 Å². The number of rotatable bonds is 8. The van der Waals surface area contributed by atoms with E-state index in [1.54, 1.807) is 18.2 Å². The largest absolute Gasteiger partial charge is 0.467 e. The van der Waals surface area contributed by atoms with Gasteiger partial charge in [0.25, 0.3) is 5.91 Å². The van der Waals surface area contributed by atoms with E-state index in [1.165, 1.54) is 30.5 Å². The van der Waals surface area contributed by atoms with E-state index in [4.69, 9.17) is 4.42 Å². The van der Waals surface area contributed by atoms with Gasteiger partial charge in [-0.25, -0.2) is 13.1 Å². The highest BCUT2D eigenvalue weighted by Crippen LogP contribution is 2.23. The van der Waals surface area contributed by atoms with Crippen LogP contribution in [0.2, 0.25) is 0 Å². The second kappa shape index (κ2) is 8.69. The van der Waals surface area contributed by atoms with Crippen molar-refractivity contribution in [1.29, 1.82) is 0 Å². The first kappa shape index (κ1) is 19.6. The van der Waals surface area contributed by atoms with Gasteiger partial charge in [-0.05, 0) is 35.9 Å². The maximum Gasteiger partial charge on any atom is 0.252 e. The highest BCUT2D eigenvalue weighted by molar-refractivity contribution is 7.89. The number of benzene rings is 2. The first-order valence-corrected chi connectivity index (χ1v) is 10.1. The summed E-state index contributed by atoms with van der Waals surface area (Å²) >= 11 is 0. The van der Waals surface area contributed by atoms with E-state index < -0.39 is 22.0 Å². The van der Waals surface area contributed by atoms with Crippen LogP contribution >= 0.6 is 0 Å². The summed E-state index contributed by atoms with van der Waals surface area (Å²) in [4.78, 5) is 12.8. The summed E-state index contributed by atoms with van der Waals surface area (Å²) in [6, 6.07) is 18.3. The lowest BCUT2D eigenvalue weighted by molar-refractivity contribution is 0.0938. The van der Waals surface area contributed by atoms with Crippen molar-refractivity contribution in [2.75, 3.05) is 6.54 Å². The maximum absolute atomic E-state index is 12.8. The summed E-state index contributed by atoms with van der Waals surface area (Å²) in [6.45, 7) is 3.59. The van der Waals surface area contributed by atoms with Gasteiger partial charge in [-0.15, -0.1) is 6.58 Å². The number of hydrogen-bond acceptors (Lipinski definition) is 4. The van der Waals surface area contributed by atoms with E-state index in [0.29, 0.717) is 5.76 Å². The Morgan fingerprint density at radius 1 is 1.07 bits per heavy atom. The molecule has 0 fully saturated rings. The number of furan rings is 1. The molecule has 0 radical (unpaired) electrons. The molecule has 7 heteroatoms. The van der Waals surface area contributed by atoms with Crippen LogP contribution < -0.4 is 10.0 Å². The van der Waals surface area contributed by atoms with E-state index in [9.17, 15) is 13.2 Å². The summed E-state index contributed by atoms with van der Waals surface area (Å²) in [6.07, 6.45) is 2.98. The topological polar surface area (TPSA) is 88.4 Å². The molecule has 0 bridgehead atoms. The van der Waals surface area contributed by atoms with Crippen molar-refractivity contribution in [3.8, 4) is 0 Å². The van der Waals surface area contributed by atoms with Gasteiger partial charge in [0.1, 0.15) is 11.8 Å². The predicted molar refractivity (Wildman–Crippen MR) is 106 cm³/mol. The zero-order chi connectivity index (χ0) is 20.0. The number of carbonyl (C=O) groups excluding carboxylic acids is 1. The molecule has 1 heterocycles. The highest BCUT2D eigenvalue weighted by Gasteiger charge is 2.21. The SMILES string of the molecule is C=CCNS(=O)(=O)c1cccc(C(=O)NC(c2ccccc2)c2ccco2)c1. The Morgan fingerprint density at radius 3 is 2.54 bits per heavy atom. The first-order valence-electron chi connectivity index (χ1n) is 8.61. The number of sulfonamides is 1. The summed E-state index contributed by atoms with van der Waals surface area (Å²) in [5, 5.41) is 2.91. The molecule has 1 unspecified atom stereocenters. The van der Waals surface area contributed by atoms with Gasteiger partial charge in [0, 0.05) is 12.1 Å². The Morgan fingerprint density at radius 2 is 1.86 bits per heavy atom. The minimum atomic E-state index is -3.72. The predicted octanol–water partition coefficient (Wildman–Crippen LogP) is 3.26. The summed E-state index contributed by atoms with van der Waals surface area (Å²) < 4.78 is 32.4. The zero-order valence-corrected chi connectivity index (χ0v) is 15.9. The molecular weight excluding hydrogens is 376 g/mol. The van der Waals surface area contributed by atoms with Crippen molar-refractivity contribution < 1.29 is 17.6 Å². The number of amides is 1. The smallest absolute Gasteiger partial charge is 0.252 e. The summed E-state index contributed by atoms with van der Waals surface area (Å²) in [7, 11) is -3.72. The molecule has 6 nitrogen and oxygen atoms in total. The van der Waals surface area contributed by atoms with Crippen LogP contribution in [0.3, 0.4) is 0 Å². The average Bonchev–Trinajstić information content (AvgIpc) is 3.25. The molecule has 3 rings (SSSR count). The maximum atomic E-state index is 12.8. The number of hydrogen-bond donors (Lipinski definition) is 2. The third-order valence-corrected chi connectivity index (χ3v) is 5.48. The van der Waals surface area contributed by atoms with Gasteiger partial charge >= 0.3 is 0 Å². The highest BCUT2D eigenvalue weighted by atomic mass is 32.2. The molecule has 0 aliphatic carbocycles. The van der Waals surface area contributed by atoms with Crippen LogP contribution in [0.5, 0.6) is 0 Å². The molecule has 0 spiro atoms. The van der Waals surface area contributed by atoms with Crippen LogP contribution in [0.15, 0.2) is 95.0 Å². The van der Waals surface area contributed by atoms with Gasteiger partial charge in [0.15, 0.2) is 0 Å². The molecule has 2 N–H and O–H groups in total.